The number of likely N-dealkylation sites (N-methyl/N-ethyl adjacent to an activating group) is 1. The van der Waals surface area contributed by atoms with Gasteiger partial charge >= 0.3 is 6.01 Å². The van der Waals surface area contributed by atoms with E-state index in [0.29, 0.717) is 18.4 Å². The third kappa shape index (κ3) is 3.50. The molecule has 0 saturated heterocycles. The van der Waals surface area contributed by atoms with Gasteiger partial charge < -0.3 is 9.52 Å². The normalized spacial score (nSPS) is 15.2. The maximum Gasteiger partial charge on any atom is 0.322 e. The molecule has 1 aliphatic carbocycles. The van der Waals surface area contributed by atoms with Crippen molar-refractivity contribution in [3.8, 4) is 0 Å². The predicted molar refractivity (Wildman–Crippen MR) is 59.5 cm³/mol. The topological polar surface area (TPSA) is 91.5 Å². The Balaban J connectivity index is 1.80. The van der Waals surface area contributed by atoms with Crippen LogP contribution < -0.4 is 5.32 Å². The van der Waals surface area contributed by atoms with Gasteiger partial charge in [0.15, 0.2) is 0 Å². The van der Waals surface area contributed by atoms with Gasteiger partial charge in [-0.1, -0.05) is 5.10 Å². The lowest BCUT2D eigenvalue weighted by molar-refractivity contribution is -0.117. The number of hydrogen-bond donors (Lipinski definition) is 2. The molecule has 17 heavy (non-hydrogen) atoms. The molecule has 1 aromatic heterocycles. The van der Waals surface area contributed by atoms with Crippen LogP contribution in [0, 0.1) is 0 Å². The number of aromatic nitrogens is 2. The molecule has 94 valence electrons. The Morgan fingerprint density at radius 1 is 1.59 bits per heavy atom. The fourth-order valence-corrected chi connectivity index (χ4v) is 1.43. The zero-order chi connectivity index (χ0) is 12.3. The Morgan fingerprint density at radius 2 is 2.35 bits per heavy atom. The first-order valence-electron chi connectivity index (χ1n) is 5.61. The van der Waals surface area contributed by atoms with Crippen LogP contribution in [0.2, 0.25) is 0 Å². The number of aliphatic hydroxyl groups excluding tert-OH is 1. The third-order valence-electron chi connectivity index (χ3n) is 2.51. The molecule has 2 rings (SSSR count). The van der Waals surface area contributed by atoms with Crippen molar-refractivity contribution in [3.05, 3.63) is 5.89 Å². The van der Waals surface area contributed by atoms with Crippen LogP contribution in [-0.4, -0.2) is 52.9 Å². The number of carbonyl (C=O) groups is 1. The largest absolute Gasteiger partial charge is 0.408 e. The second-order valence-corrected chi connectivity index (χ2v) is 4.23. The third-order valence-corrected chi connectivity index (χ3v) is 2.51. The average Bonchev–Trinajstić information content (AvgIpc) is 3.01. The quantitative estimate of drug-likeness (QED) is 0.716. The van der Waals surface area contributed by atoms with Crippen LogP contribution in [0.4, 0.5) is 6.01 Å². The first-order chi connectivity index (χ1) is 8.19. The smallest absolute Gasteiger partial charge is 0.322 e. The molecule has 1 aliphatic rings. The zero-order valence-corrected chi connectivity index (χ0v) is 9.72. The van der Waals surface area contributed by atoms with Crippen molar-refractivity contribution in [2.24, 2.45) is 0 Å². The average molecular weight is 240 g/mol. The second-order valence-electron chi connectivity index (χ2n) is 4.23. The highest BCUT2D eigenvalue weighted by molar-refractivity contribution is 5.90. The van der Waals surface area contributed by atoms with Gasteiger partial charge in [0.05, 0.1) is 13.2 Å². The van der Waals surface area contributed by atoms with Gasteiger partial charge in [0, 0.05) is 12.5 Å². The molecule has 1 heterocycles. The summed E-state index contributed by atoms with van der Waals surface area (Å²) in [6, 6.07) is 0.147. The number of anilines is 1. The number of nitrogens with one attached hydrogen (secondary N) is 1. The number of rotatable bonds is 6. The van der Waals surface area contributed by atoms with E-state index in [2.05, 4.69) is 15.5 Å². The Morgan fingerprint density at radius 3 is 3.00 bits per heavy atom. The maximum atomic E-state index is 11.5. The van der Waals surface area contributed by atoms with Crippen LogP contribution in [0.3, 0.4) is 0 Å². The van der Waals surface area contributed by atoms with Crippen LogP contribution in [-0.2, 0) is 4.79 Å². The van der Waals surface area contributed by atoms with E-state index < -0.39 is 0 Å². The fourth-order valence-electron chi connectivity index (χ4n) is 1.43. The standard InChI is InChI=1S/C10H16N4O3/c1-14(4-5-15)6-8(16)11-10-13-12-9(17-10)7-2-3-7/h7,15H,2-6H2,1H3,(H,11,13,16). The summed E-state index contributed by atoms with van der Waals surface area (Å²) in [5, 5.41) is 18.8. The van der Waals surface area contributed by atoms with Gasteiger partial charge in [-0.2, -0.15) is 0 Å². The lowest BCUT2D eigenvalue weighted by Crippen LogP contribution is -2.32. The van der Waals surface area contributed by atoms with Gasteiger partial charge in [-0.3, -0.25) is 15.0 Å². The minimum Gasteiger partial charge on any atom is -0.408 e. The van der Waals surface area contributed by atoms with E-state index in [4.69, 9.17) is 9.52 Å². The molecule has 2 N–H and O–H groups in total. The van der Waals surface area contributed by atoms with Crippen LogP contribution in [0.25, 0.3) is 0 Å². The molecule has 1 saturated carbocycles. The van der Waals surface area contributed by atoms with E-state index >= 15 is 0 Å². The van der Waals surface area contributed by atoms with E-state index in [1.807, 2.05) is 0 Å². The summed E-state index contributed by atoms with van der Waals surface area (Å²) in [7, 11) is 1.75. The van der Waals surface area contributed by atoms with Crippen molar-refractivity contribution < 1.29 is 14.3 Å². The van der Waals surface area contributed by atoms with Crippen LogP contribution in [0.1, 0.15) is 24.7 Å². The van der Waals surface area contributed by atoms with Crippen LogP contribution in [0.5, 0.6) is 0 Å². The number of amides is 1. The molecule has 0 radical (unpaired) electrons. The molecular weight excluding hydrogens is 224 g/mol. The Labute approximate surface area is 98.8 Å². The molecule has 0 aromatic carbocycles. The lowest BCUT2D eigenvalue weighted by atomic mass is 10.4. The van der Waals surface area contributed by atoms with Gasteiger partial charge in [-0.15, -0.1) is 5.10 Å². The maximum absolute atomic E-state index is 11.5. The molecule has 0 atom stereocenters. The molecule has 7 heteroatoms. The van der Waals surface area contributed by atoms with E-state index in [1.54, 1.807) is 11.9 Å². The van der Waals surface area contributed by atoms with Gasteiger partial charge in [0.2, 0.25) is 11.8 Å². The SMILES string of the molecule is CN(CCO)CC(=O)Nc1nnc(C2CC2)o1. The number of hydrogen-bond acceptors (Lipinski definition) is 6. The summed E-state index contributed by atoms with van der Waals surface area (Å²) in [4.78, 5) is 13.2. The van der Waals surface area contributed by atoms with Crippen molar-refractivity contribution in [3.63, 3.8) is 0 Å². The fraction of sp³-hybridized carbons (Fsp3) is 0.700. The highest BCUT2D eigenvalue weighted by Gasteiger charge is 2.29. The second kappa shape index (κ2) is 5.24. The predicted octanol–water partition coefficient (Wildman–Crippen LogP) is -0.190. The molecule has 0 aliphatic heterocycles. The van der Waals surface area contributed by atoms with Crippen LogP contribution >= 0.6 is 0 Å². The Hall–Kier alpha value is -1.47. The Kier molecular flexibility index (Phi) is 3.70. The summed E-state index contributed by atoms with van der Waals surface area (Å²) in [5.74, 6) is 0.751. The summed E-state index contributed by atoms with van der Waals surface area (Å²) in [6.45, 7) is 0.655. The van der Waals surface area contributed by atoms with E-state index in [-0.39, 0.29) is 25.1 Å². The number of aliphatic hydroxyl groups is 1. The molecule has 1 amide bonds. The Bertz CT molecular complexity index is 389. The van der Waals surface area contributed by atoms with Crippen LogP contribution in [0.15, 0.2) is 4.42 Å². The van der Waals surface area contributed by atoms with Crippen molar-refractivity contribution in [1.29, 1.82) is 0 Å². The summed E-state index contributed by atoms with van der Waals surface area (Å²) in [5.41, 5.74) is 0. The minimum atomic E-state index is -0.230. The molecule has 7 nitrogen and oxygen atoms in total. The number of carbonyl (C=O) groups excluding carboxylic acids is 1. The first kappa shape index (κ1) is 12.0. The highest BCUT2D eigenvalue weighted by atomic mass is 16.4. The van der Waals surface area contributed by atoms with E-state index in [1.165, 1.54) is 0 Å². The summed E-state index contributed by atoms with van der Waals surface area (Å²) >= 11 is 0. The summed E-state index contributed by atoms with van der Waals surface area (Å²) < 4.78 is 5.30. The van der Waals surface area contributed by atoms with E-state index in [9.17, 15) is 4.79 Å². The van der Waals surface area contributed by atoms with Gasteiger partial charge in [-0.25, -0.2) is 0 Å². The van der Waals surface area contributed by atoms with Gasteiger partial charge in [0.1, 0.15) is 0 Å². The van der Waals surface area contributed by atoms with E-state index in [0.717, 1.165) is 12.8 Å². The van der Waals surface area contributed by atoms with Crippen molar-refractivity contribution in [1.82, 2.24) is 15.1 Å². The molecule has 0 unspecified atom stereocenters. The molecule has 0 spiro atoms. The minimum absolute atomic E-state index is 0.0240. The van der Waals surface area contributed by atoms with Crippen molar-refractivity contribution in [2.45, 2.75) is 18.8 Å². The molecule has 0 bridgehead atoms. The first-order valence-corrected chi connectivity index (χ1v) is 5.61. The summed E-state index contributed by atoms with van der Waals surface area (Å²) in [6.07, 6.45) is 2.16. The molecular formula is C10H16N4O3. The highest BCUT2D eigenvalue weighted by Crippen LogP contribution is 2.39. The monoisotopic (exact) mass is 240 g/mol. The molecule has 1 aromatic rings. The number of nitrogens with zero attached hydrogens (tertiary/aromatic N) is 3. The zero-order valence-electron chi connectivity index (χ0n) is 9.72. The lowest BCUT2D eigenvalue weighted by Gasteiger charge is -2.12. The molecule has 1 fully saturated rings. The van der Waals surface area contributed by atoms with Gasteiger partial charge in [-0.05, 0) is 19.9 Å². The van der Waals surface area contributed by atoms with Crippen molar-refractivity contribution >= 4 is 11.9 Å². The van der Waals surface area contributed by atoms with Crippen molar-refractivity contribution in [2.75, 3.05) is 32.1 Å². The van der Waals surface area contributed by atoms with Gasteiger partial charge in [0.25, 0.3) is 0 Å².